The van der Waals surface area contributed by atoms with E-state index in [2.05, 4.69) is 10.6 Å². The monoisotopic (exact) mass is 478 g/mol. The number of para-hydroxylation sites is 2. The Labute approximate surface area is 211 Å². The molecule has 0 aliphatic carbocycles. The standard InChI is InChI=1S/C30H30N4O2/c1-20-8-15-25(16-9-20)32-30(36)34(26-17-10-21(2)22(3)18-26)19-23-11-13-24(14-12-23)29(35)33-28-7-5-4-6-27(28)31/h4-18H,19,31H2,1-3H3,(H,32,36)(H,33,35). The zero-order chi connectivity index (χ0) is 25.7. The fraction of sp³-hybridized carbons (Fsp3) is 0.133. The van der Waals surface area contributed by atoms with Gasteiger partial charge in [-0.15, -0.1) is 0 Å². The molecule has 0 saturated carbocycles. The molecule has 0 fully saturated rings. The lowest BCUT2D eigenvalue weighted by atomic mass is 10.1. The third-order valence-corrected chi connectivity index (χ3v) is 6.12. The van der Waals surface area contributed by atoms with Crippen LogP contribution in [0.4, 0.5) is 27.5 Å². The minimum Gasteiger partial charge on any atom is -0.397 e. The van der Waals surface area contributed by atoms with Crippen LogP contribution in [0.15, 0.2) is 91.0 Å². The molecule has 0 atom stereocenters. The van der Waals surface area contributed by atoms with Crippen LogP contribution in [0.1, 0.15) is 32.6 Å². The number of rotatable bonds is 6. The van der Waals surface area contributed by atoms with Crippen molar-refractivity contribution in [2.24, 2.45) is 0 Å². The van der Waals surface area contributed by atoms with E-state index in [9.17, 15) is 9.59 Å². The van der Waals surface area contributed by atoms with Crippen molar-refractivity contribution in [1.29, 1.82) is 0 Å². The number of nitrogens with two attached hydrogens (primary N) is 1. The quantitative estimate of drug-likeness (QED) is 0.270. The normalized spacial score (nSPS) is 10.5. The van der Waals surface area contributed by atoms with Crippen LogP contribution in [0.3, 0.4) is 0 Å². The molecule has 0 saturated heterocycles. The molecule has 0 heterocycles. The van der Waals surface area contributed by atoms with Crippen LogP contribution in [-0.2, 0) is 6.54 Å². The first-order chi connectivity index (χ1) is 17.3. The Bertz CT molecular complexity index is 1380. The summed E-state index contributed by atoms with van der Waals surface area (Å²) in [5, 5.41) is 5.83. The predicted octanol–water partition coefficient (Wildman–Crippen LogP) is 6.69. The van der Waals surface area contributed by atoms with Gasteiger partial charge in [-0.25, -0.2) is 4.79 Å². The summed E-state index contributed by atoms with van der Waals surface area (Å²) in [5.41, 5.74) is 13.3. The number of nitrogen functional groups attached to an aromatic ring is 1. The molecular weight excluding hydrogens is 448 g/mol. The Morgan fingerprint density at radius 3 is 2.14 bits per heavy atom. The Morgan fingerprint density at radius 2 is 1.47 bits per heavy atom. The highest BCUT2D eigenvalue weighted by Crippen LogP contribution is 2.23. The van der Waals surface area contributed by atoms with Gasteiger partial charge >= 0.3 is 6.03 Å². The molecule has 4 aromatic rings. The Morgan fingerprint density at radius 1 is 0.778 bits per heavy atom. The second-order valence-electron chi connectivity index (χ2n) is 8.89. The van der Waals surface area contributed by atoms with Crippen LogP contribution >= 0.6 is 0 Å². The van der Waals surface area contributed by atoms with Gasteiger partial charge < -0.3 is 16.4 Å². The molecule has 6 nitrogen and oxygen atoms in total. The van der Waals surface area contributed by atoms with Crippen LogP contribution in [0, 0.1) is 20.8 Å². The first kappa shape index (κ1) is 24.5. The zero-order valence-electron chi connectivity index (χ0n) is 20.7. The van der Waals surface area contributed by atoms with Crippen LogP contribution < -0.4 is 21.3 Å². The number of anilines is 4. The highest BCUT2D eigenvalue weighted by Gasteiger charge is 2.18. The summed E-state index contributed by atoms with van der Waals surface area (Å²) in [6.07, 6.45) is 0. The minimum absolute atomic E-state index is 0.233. The summed E-state index contributed by atoms with van der Waals surface area (Å²) < 4.78 is 0. The molecular formula is C30H30N4O2. The Hall–Kier alpha value is -4.58. The molecule has 182 valence electrons. The molecule has 0 bridgehead atoms. The number of amides is 3. The van der Waals surface area contributed by atoms with Gasteiger partial charge in [0.1, 0.15) is 0 Å². The van der Waals surface area contributed by atoms with Gasteiger partial charge in [-0.3, -0.25) is 9.69 Å². The third-order valence-electron chi connectivity index (χ3n) is 6.12. The summed E-state index contributed by atoms with van der Waals surface area (Å²) in [6, 6.07) is 27.8. The van der Waals surface area contributed by atoms with E-state index < -0.39 is 0 Å². The van der Waals surface area contributed by atoms with Gasteiger partial charge in [0.2, 0.25) is 0 Å². The lowest BCUT2D eigenvalue weighted by molar-refractivity contribution is 0.102. The van der Waals surface area contributed by atoms with Crippen molar-refractivity contribution < 1.29 is 9.59 Å². The summed E-state index contributed by atoms with van der Waals surface area (Å²) in [4.78, 5) is 27.7. The van der Waals surface area contributed by atoms with E-state index in [0.29, 0.717) is 23.5 Å². The van der Waals surface area contributed by atoms with E-state index in [1.54, 1.807) is 29.2 Å². The molecule has 4 N–H and O–H groups in total. The maximum atomic E-state index is 13.3. The van der Waals surface area contributed by atoms with Crippen LogP contribution in [-0.4, -0.2) is 11.9 Å². The average molecular weight is 479 g/mol. The summed E-state index contributed by atoms with van der Waals surface area (Å²) in [5.74, 6) is -0.248. The summed E-state index contributed by atoms with van der Waals surface area (Å²) >= 11 is 0. The molecule has 3 amide bonds. The van der Waals surface area contributed by atoms with Gasteiger partial charge in [0, 0.05) is 16.9 Å². The van der Waals surface area contributed by atoms with Crippen LogP contribution in [0.25, 0.3) is 0 Å². The predicted molar refractivity (Wildman–Crippen MR) is 148 cm³/mol. The molecule has 0 aliphatic heterocycles. The van der Waals surface area contributed by atoms with Gasteiger partial charge in [-0.1, -0.05) is 48.0 Å². The number of nitrogens with one attached hydrogen (secondary N) is 2. The van der Waals surface area contributed by atoms with Gasteiger partial charge in [-0.05, 0) is 86.0 Å². The lowest BCUT2D eigenvalue weighted by Gasteiger charge is -2.24. The van der Waals surface area contributed by atoms with Crippen molar-refractivity contribution in [2.75, 3.05) is 21.3 Å². The molecule has 6 heteroatoms. The number of urea groups is 1. The number of hydrogen-bond acceptors (Lipinski definition) is 3. The molecule has 0 unspecified atom stereocenters. The largest absolute Gasteiger partial charge is 0.397 e. The first-order valence-corrected chi connectivity index (χ1v) is 11.8. The molecule has 4 aromatic carbocycles. The highest BCUT2D eigenvalue weighted by atomic mass is 16.2. The van der Waals surface area contributed by atoms with Gasteiger partial charge in [0.25, 0.3) is 5.91 Å². The first-order valence-electron chi connectivity index (χ1n) is 11.8. The van der Waals surface area contributed by atoms with Crippen molar-refractivity contribution in [3.05, 3.63) is 119 Å². The third kappa shape index (κ3) is 5.91. The minimum atomic E-state index is -0.248. The molecule has 36 heavy (non-hydrogen) atoms. The second-order valence-corrected chi connectivity index (χ2v) is 8.89. The fourth-order valence-corrected chi connectivity index (χ4v) is 3.75. The summed E-state index contributed by atoms with van der Waals surface area (Å²) in [7, 11) is 0. The maximum absolute atomic E-state index is 13.3. The number of benzene rings is 4. The Balaban J connectivity index is 1.54. The molecule has 0 radical (unpaired) electrons. The van der Waals surface area contributed by atoms with Gasteiger partial charge in [0.15, 0.2) is 0 Å². The van der Waals surface area contributed by atoms with Crippen LogP contribution in [0.2, 0.25) is 0 Å². The summed E-state index contributed by atoms with van der Waals surface area (Å²) in [6.45, 7) is 6.42. The number of hydrogen-bond donors (Lipinski definition) is 3. The van der Waals surface area contributed by atoms with Crippen molar-refractivity contribution in [2.45, 2.75) is 27.3 Å². The number of carbonyl (C=O) groups excluding carboxylic acids is 2. The van der Waals surface area contributed by atoms with Crippen molar-refractivity contribution in [1.82, 2.24) is 0 Å². The van der Waals surface area contributed by atoms with E-state index in [1.807, 2.05) is 87.5 Å². The van der Waals surface area contributed by atoms with Crippen molar-refractivity contribution in [3.8, 4) is 0 Å². The smallest absolute Gasteiger partial charge is 0.326 e. The topological polar surface area (TPSA) is 87.5 Å². The van der Waals surface area contributed by atoms with Gasteiger partial charge in [-0.2, -0.15) is 0 Å². The van der Waals surface area contributed by atoms with E-state index in [0.717, 1.165) is 33.6 Å². The molecule has 0 aliphatic rings. The average Bonchev–Trinajstić information content (AvgIpc) is 2.87. The lowest BCUT2D eigenvalue weighted by Crippen LogP contribution is -2.34. The zero-order valence-corrected chi connectivity index (χ0v) is 20.7. The maximum Gasteiger partial charge on any atom is 0.326 e. The molecule has 0 aromatic heterocycles. The van der Waals surface area contributed by atoms with E-state index in [4.69, 9.17) is 5.73 Å². The van der Waals surface area contributed by atoms with E-state index in [-0.39, 0.29) is 11.9 Å². The SMILES string of the molecule is Cc1ccc(NC(=O)N(Cc2ccc(C(=O)Nc3ccccc3N)cc2)c2ccc(C)c(C)c2)cc1. The second kappa shape index (κ2) is 10.8. The molecule has 4 rings (SSSR count). The van der Waals surface area contributed by atoms with Crippen molar-refractivity contribution in [3.63, 3.8) is 0 Å². The molecule has 0 spiro atoms. The fourth-order valence-electron chi connectivity index (χ4n) is 3.75. The van der Waals surface area contributed by atoms with E-state index in [1.165, 1.54) is 0 Å². The van der Waals surface area contributed by atoms with Crippen molar-refractivity contribution >= 4 is 34.7 Å². The number of carbonyl (C=O) groups is 2. The van der Waals surface area contributed by atoms with E-state index >= 15 is 0 Å². The highest BCUT2D eigenvalue weighted by molar-refractivity contribution is 6.06. The van der Waals surface area contributed by atoms with Crippen LogP contribution in [0.5, 0.6) is 0 Å². The van der Waals surface area contributed by atoms with Gasteiger partial charge in [0.05, 0.1) is 17.9 Å². The number of nitrogens with zero attached hydrogens (tertiary/aromatic N) is 1. The Kier molecular flexibility index (Phi) is 7.35. The number of aryl methyl sites for hydroxylation is 3.